The van der Waals surface area contributed by atoms with E-state index in [-0.39, 0.29) is 17.4 Å². The van der Waals surface area contributed by atoms with Crippen LogP contribution in [0.4, 0.5) is 5.69 Å². The number of benzene rings is 1. The number of H-pyrrole nitrogens is 1. The first-order chi connectivity index (χ1) is 8.11. The third-order valence-electron chi connectivity index (χ3n) is 2.36. The lowest BCUT2D eigenvalue weighted by Crippen LogP contribution is -2.08. The van der Waals surface area contributed by atoms with Gasteiger partial charge in [-0.05, 0) is 12.1 Å². The molecule has 2 aromatic rings. The number of fused-ring (bicyclic) bond motifs is 1. The molecule has 0 spiro atoms. The minimum atomic E-state index is -0.201. The number of aromatic nitrogens is 2. The zero-order chi connectivity index (χ0) is 12.4. The van der Waals surface area contributed by atoms with Crippen molar-refractivity contribution in [3.63, 3.8) is 0 Å². The van der Waals surface area contributed by atoms with Crippen LogP contribution in [-0.2, 0) is 0 Å². The first-order valence-electron chi connectivity index (χ1n) is 5.16. The number of rotatable bonds is 3. The number of thioether (sulfide) groups is 1. The molecule has 5 nitrogen and oxygen atoms in total. The molecule has 0 radical (unpaired) electrons. The zero-order valence-electron chi connectivity index (χ0n) is 9.30. The Balaban J connectivity index is 2.52. The SMILES string of the molecule is CC(CO)Sc1cc2nc[nH]c(=O)c2cc1N. The molecule has 0 aliphatic rings. The zero-order valence-corrected chi connectivity index (χ0v) is 10.1. The van der Waals surface area contributed by atoms with Crippen molar-refractivity contribution in [3.8, 4) is 0 Å². The Morgan fingerprint density at radius 2 is 2.35 bits per heavy atom. The summed E-state index contributed by atoms with van der Waals surface area (Å²) in [5, 5.41) is 9.54. The predicted octanol–water partition coefficient (Wildman–Crippen LogP) is 0.978. The van der Waals surface area contributed by atoms with E-state index in [2.05, 4.69) is 9.97 Å². The van der Waals surface area contributed by atoms with Gasteiger partial charge in [-0.1, -0.05) is 6.92 Å². The maximum atomic E-state index is 11.5. The van der Waals surface area contributed by atoms with Gasteiger partial charge in [-0.25, -0.2) is 4.98 Å². The number of nitrogens with one attached hydrogen (secondary N) is 1. The quantitative estimate of drug-likeness (QED) is 0.558. The number of nitrogen functional groups attached to an aromatic ring is 1. The summed E-state index contributed by atoms with van der Waals surface area (Å²) in [6, 6.07) is 3.39. The highest BCUT2D eigenvalue weighted by Gasteiger charge is 2.09. The summed E-state index contributed by atoms with van der Waals surface area (Å²) in [6.45, 7) is 1.98. The van der Waals surface area contributed by atoms with Crippen molar-refractivity contribution in [3.05, 3.63) is 28.8 Å². The van der Waals surface area contributed by atoms with E-state index in [0.717, 1.165) is 4.90 Å². The Hall–Kier alpha value is -1.53. The van der Waals surface area contributed by atoms with Gasteiger partial charge in [0.15, 0.2) is 0 Å². The van der Waals surface area contributed by atoms with Gasteiger partial charge in [0.2, 0.25) is 0 Å². The van der Waals surface area contributed by atoms with Crippen molar-refractivity contribution in [1.82, 2.24) is 9.97 Å². The second kappa shape index (κ2) is 4.77. The average molecular weight is 251 g/mol. The fourth-order valence-electron chi connectivity index (χ4n) is 1.47. The molecule has 1 atom stereocenters. The molecule has 0 amide bonds. The average Bonchev–Trinajstić information content (AvgIpc) is 2.31. The van der Waals surface area contributed by atoms with Crippen molar-refractivity contribution < 1.29 is 5.11 Å². The normalized spacial score (nSPS) is 12.8. The second-order valence-electron chi connectivity index (χ2n) is 3.75. The van der Waals surface area contributed by atoms with Crippen LogP contribution in [0.15, 0.2) is 28.2 Å². The molecule has 1 heterocycles. The molecule has 1 aromatic carbocycles. The van der Waals surface area contributed by atoms with Crippen LogP contribution < -0.4 is 11.3 Å². The molecule has 1 unspecified atom stereocenters. The van der Waals surface area contributed by atoms with Crippen molar-refractivity contribution in [2.45, 2.75) is 17.1 Å². The maximum absolute atomic E-state index is 11.5. The van der Waals surface area contributed by atoms with Crippen LogP contribution in [0.2, 0.25) is 0 Å². The molecular weight excluding hydrogens is 238 g/mol. The van der Waals surface area contributed by atoms with Gasteiger partial charge in [-0.3, -0.25) is 4.79 Å². The van der Waals surface area contributed by atoms with Gasteiger partial charge in [0.1, 0.15) is 0 Å². The van der Waals surface area contributed by atoms with Crippen LogP contribution in [0.5, 0.6) is 0 Å². The first kappa shape index (κ1) is 11.9. The minimum absolute atomic E-state index is 0.0525. The van der Waals surface area contributed by atoms with Gasteiger partial charge in [-0.15, -0.1) is 11.8 Å². The highest BCUT2D eigenvalue weighted by atomic mass is 32.2. The van der Waals surface area contributed by atoms with Gasteiger partial charge in [0, 0.05) is 15.8 Å². The first-order valence-corrected chi connectivity index (χ1v) is 6.04. The molecule has 0 saturated heterocycles. The molecule has 17 heavy (non-hydrogen) atoms. The van der Waals surface area contributed by atoms with E-state index >= 15 is 0 Å². The van der Waals surface area contributed by atoms with Crippen LogP contribution in [-0.4, -0.2) is 26.9 Å². The van der Waals surface area contributed by atoms with Crippen LogP contribution in [0.25, 0.3) is 10.9 Å². The van der Waals surface area contributed by atoms with Crippen molar-refractivity contribution >= 4 is 28.4 Å². The van der Waals surface area contributed by atoms with Gasteiger partial charge in [-0.2, -0.15) is 0 Å². The van der Waals surface area contributed by atoms with Gasteiger partial charge < -0.3 is 15.8 Å². The number of aliphatic hydroxyl groups is 1. The molecule has 6 heteroatoms. The highest BCUT2D eigenvalue weighted by Crippen LogP contribution is 2.30. The summed E-state index contributed by atoms with van der Waals surface area (Å²) < 4.78 is 0. The number of nitrogens with two attached hydrogens (primary N) is 1. The van der Waals surface area contributed by atoms with Gasteiger partial charge in [0.05, 0.1) is 23.8 Å². The summed E-state index contributed by atoms with van der Waals surface area (Å²) in [7, 11) is 0. The third-order valence-corrected chi connectivity index (χ3v) is 3.52. The van der Waals surface area contributed by atoms with Crippen LogP contribution in [0.1, 0.15) is 6.92 Å². The molecule has 4 N–H and O–H groups in total. The topological polar surface area (TPSA) is 92.0 Å². The lowest BCUT2D eigenvalue weighted by Gasteiger charge is -2.10. The standard InChI is InChI=1S/C11H13N3O2S/c1-6(4-15)17-10-3-9-7(2-8(10)12)11(16)14-5-13-9/h2-3,5-6,15H,4,12H2,1H3,(H,13,14,16). The maximum Gasteiger partial charge on any atom is 0.258 e. The summed E-state index contributed by atoms with van der Waals surface area (Å²) in [4.78, 5) is 18.9. The van der Waals surface area contributed by atoms with Gasteiger partial charge >= 0.3 is 0 Å². The monoisotopic (exact) mass is 251 g/mol. The molecule has 0 aliphatic heterocycles. The molecule has 2 rings (SSSR count). The largest absolute Gasteiger partial charge is 0.398 e. The lowest BCUT2D eigenvalue weighted by molar-refractivity contribution is 0.300. The molecule has 0 saturated carbocycles. The third kappa shape index (κ3) is 2.42. The van der Waals surface area contributed by atoms with E-state index < -0.39 is 0 Å². The second-order valence-corrected chi connectivity index (χ2v) is 5.23. The molecule has 0 fully saturated rings. The minimum Gasteiger partial charge on any atom is -0.398 e. The summed E-state index contributed by atoms with van der Waals surface area (Å²) >= 11 is 1.46. The number of nitrogens with zero attached hydrogens (tertiary/aromatic N) is 1. The Bertz CT molecular complexity index is 597. The number of hydrogen-bond donors (Lipinski definition) is 3. The van der Waals surface area contributed by atoms with Gasteiger partial charge in [0.25, 0.3) is 5.56 Å². The smallest absolute Gasteiger partial charge is 0.258 e. The Labute approximate surface area is 102 Å². The number of aliphatic hydroxyl groups excluding tert-OH is 1. The van der Waals surface area contributed by atoms with Crippen molar-refractivity contribution in [2.24, 2.45) is 0 Å². The van der Waals surface area contributed by atoms with E-state index in [1.807, 2.05) is 6.92 Å². The van der Waals surface area contributed by atoms with Crippen LogP contribution in [0, 0.1) is 0 Å². The molecule has 90 valence electrons. The molecule has 0 bridgehead atoms. The Kier molecular flexibility index (Phi) is 3.35. The molecular formula is C11H13N3O2S. The van der Waals surface area contributed by atoms with E-state index in [1.165, 1.54) is 18.1 Å². The molecule has 0 aliphatic carbocycles. The summed E-state index contributed by atoms with van der Waals surface area (Å²) in [5.74, 6) is 0. The van der Waals surface area contributed by atoms with Crippen LogP contribution >= 0.6 is 11.8 Å². The predicted molar refractivity (Wildman–Crippen MR) is 69.2 cm³/mol. The number of anilines is 1. The Morgan fingerprint density at radius 1 is 1.59 bits per heavy atom. The lowest BCUT2D eigenvalue weighted by atomic mass is 10.2. The van der Waals surface area contributed by atoms with Crippen molar-refractivity contribution in [2.75, 3.05) is 12.3 Å². The number of hydrogen-bond acceptors (Lipinski definition) is 5. The Morgan fingerprint density at radius 3 is 3.06 bits per heavy atom. The fraction of sp³-hybridized carbons (Fsp3) is 0.273. The van der Waals surface area contributed by atoms with E-state index in [4.69, 9.17) is 10.8 Å². The van der Waals surface area contributed by atoms with E-state index in [0.29, 0.717) is 16.6 Å². The van der Waals surface area contributed by atoms with E-state index in [1.54, 1.807) is 12.1 Å². The van der Waals surface area contributed by atoms with Crippen molar-refractivity contribution in [1.29, 1.82) is 0 Å². The van der Waals surface area contributed by atoms with E-state index in [9.17, 15) is 4.79 Å². The molecule has 1 aromatic heterocycles. The summed E-state index contributed by atoms with van der Waals surface area (Å²) in [6.07, 6.45) is 1.37. The van der Waals surface area contributed by atoms with Crippen LogP contribution in [0.3, 0.4) is 0 Å². The summed E-state index contributed by atoms with van der Waals surface area (Å²) in [5.41, 5.74) is 6.81. The fourth-order valence-corrected chi connectivity index (χ4v) is 2.35. The highest BCUT2D eigenvalue weighted by molar-refractivity contribution is 8.00. The number of aromatic amines is 1.